The molecule has 204 valence electrons. The molecule has 0 aliphatic carbocycles. The van der Waals surface area contributed by atoms with E-state index < -0.39 is 5.97 Å². The highest BCUT2D eigenvalue weighted by atomic mass is 35.5. The number of likely N-dealkylation sites (tertiary alicyclic amines) is 1. The van der Waals surface area contributed by atoms with Gasteiger partial charge in [0.25, 0.3) is 5.19 Å². The van der Waals surface area contributed by atoms with Crippen LogP contribution in [0.15, 0.2) is 41.8 Å². The van der Waals surface area contributed by atoms with Crippen molar-refractivity contribution in [3.8, 4) is 5.19 Å². The first-order valence-electron chi connectivity index (χ1n) is 13.0. The Balaban J connectivity index is 1.08. The van der Waals surface area contributed by atoms with Gasteiger partial charge in [-0.05, 0) is 55.2 Å². The minimum absolute atomic E-state index is 0.0628. The fourth-order valence-electron chi connectivity index (χ4n) is 5.07. The van der Waals surface area contributed by atoms with Gasteiger partial charge in [0.1, 0.15) is 17.7 Å². The van der Waals surface area contributed by atoms with Crippen LogP contribution in [0.3, 0.4) is 0 Å². The molecule has 4 heterocycles. The van der Waals surface area contributed by atoms with Gasteiger partial charge in [0, 0.05) is 36.5 Å². The lowest BCUT2D eigenvalue weighted by Gasteiger charge is -2.32. The number of carboxylic acids is 1. The van der Waals surface area contributed by atoms with Crippen molar-refractivity contribution in [1.29, 1.82) is 0 Å². The molecule has 0 spiro atoms. The molecule has 0 unspecified atom stereocenters. The molecule has 0 amide bonds. The van der Waals surface area contributed by atoms with Gasteiger partial charge in [-0.25, -0.2) is 19.2 Å². The first-order valence-corrected chi connectivity index (χ1v) is 14.3. The van der Waals surface area contributed by atoms with Crippen LogP contribution < -0.4 is 4.74 Å². The minimum Gasteiger partial charge on any atom is -0.478 e. The van der Waals surface area contributed by atoms with Crippen LogP contribution in [0.5, 0.6) is 5.19 Å². The summed E-state index contributed by atoms with van der Waals surface area (Å²) < 4.78 is 28.1. The molecular formula is C28H28ClFN4O4S. The number of hydrogen-bond acceptors (Lipinski definition) is 7. The molecule has 39 heavy (non-hydrogen) atoms. The van der Waals surface area contributed by atoms with Gasteiger partial charge in [-0.1, -0.05) is 29.0 Å². The summed E-state index contributed by atoms with van der Waals surface area (Å²) in [4.78, 5) is 23.3. The van der Waals surface area contributed by atoms with E-state index in [0.717, 1.165) is 61.5 Å². The van der Waals surface area contributed by atoms with Crippen LogP contribution in [-0.2, 0) is 24.2 Å². The number of carbonyl (C=O) groups is 1. The number of fused-ring (bicyclic) bond motifs is 1. The number of nitrogens with zero attached hydrogens (tertiary/aromatic N) is 4. The monoisotopic (exact) mass is 570 g/mol. The third kappa shape index (κ3) is 5.94. The Kier molecular flexibility index (Phi) is 7.53. The van der Waals surface area contributed by atoms with E-state index in [2.05, 4.69) is 14.5 Å². The van der Waals surface area contributed by atoms with Gasteiger partial charge in [0.05, 0.1) is 41.5 Å². The third-order valence-electron chi connectivity index (χ3n) is 7.34. The van der Waals surface area contributed by atoms with Crippen LogP contribution in [0, 0.1) is 5.82 Å². The summed E-state index contributed by atoms with van der Waals surface area (Å²) in [5, 5.41) is 12.4. The van der Waals surface area contributed by atoms with E-state index in [1.165, 1.54) is 17.4 Å². The first-order chi connectivity index (χ1) is 18.9. The normalized spacial score (nSPS) is 18.4. The maximum atomic E-state index is 14.1. The van der Waals surface area contributed by atoms with Crippen LogP contribution in [0.1, 0.15) is 46.7 Å². The Labute approximate surface area is 234 Å². The summed E-state index contributed by atoms with van der Waals surface area (Å²) in [5.74, 6) is -0.361. The highest BCUT2D eigenvalue weighted by Crippen LogP contribution is 2.27. The van der Waals surface area contributed by atoms with E-state index in [0.29, 0.717) is 35.3 Å². The molecule has 11 heteroatoms. The number of thiazole rings is 1. The number of hydrogen-bond donors (Lipinski definition) is 1. The van der Waals surface area contributed by atoms with Gasteiger partial charge in [-0.2, -0.15) is 0 Å². The predicted octanol–water partition coefficient (Wildman–Crippen LogP) is 5.41. The van der Waals surface area contributed by atoms with Gasteiger partial charge < -0.3 is 19.1 Å². The lowest BCUT2D eigenvalue weighted by Crippen LogP contribution is -2.39. The molecule has 2 aliphatic heterocycles. The van der Waals surface area contributed by atoms with Gasteiger partial charge in [-0.3, -0.25) is 4.90 Å². The zero-order valence-corrected chi connectivity index (χ0v) is 22.8. The molecule has 2 aromatic carbocycles. The first kappa shape index (κ1) is 26.2. The van der Waals surface area contributed by atoms with E-state index >= 15 is 0 Å². The number of halogens is 2. The van der Waals surface area contributed by atoms with E-state index in [1.807, 2.05) is 5.38 Å². The number of benzene rings is 2. The molecular weight excluding hydrogens is 543 g/mol. The fraction of sp³-hybridized carbons (Fsp3) is 0.393. The molecule has 8 nitrogen and oxygen atoms in total. The lowest BCUT2D eigenvalue weighted by molar-refractivity contribution is -0.0592. The van der Waals surface area contributed by atoms with Crippen molar-refractivity contribution in [2.45, 2.75) is 51.0 Å². The minimum atomic E-state index is -0.947. The molecule has 0 radical (unpaired) electrons. The van der Waals surface area contributed by atoms with Gasteiger partial charge >= 0.3 is 5.97 Å². The topological polar surface area (TPSA) is 89.7 Å². The number of carboxylic acid groups (broad SMARTS) is 1. The van der Waals surface area contributed by atoms with E-state index in [9.17, 15) is 14.3 Å². The van der Waals surface area contributed by atoms with Crippen LogP contribution in [0.4, 0.5) is 4.39 Å². The van der Waals surface area contributed by atoms with Gasteiger partial charge in [0.2, 0.25) is 0 Å². The summed E-state index contributed by atoms with van der Waals surface area (Å²) in [6.07, 6.45) is 3.29. The molecule has 0 saturated carbocycles. The molecule has 0 bridgehead atoms. The van der Waals surface area contributed by atoms with Crippen LogP contribution in [0.2, 0.25) is 5.02 Å². The Morgan fingerprint density at radius 2 is 2.00 bits per heavy atom. The molecule has 4 aromatic rings. The van der Waals surface area contributed by atoms with E-state index in [-0.39, 0.29) is 23.6 Å². The maximum absolute atomic E-state index is 14.1. The van der Waals surface area contributed by atoms with Crippen molar-refractivity contribution in [2.24, 2.45) is 0 Å². The lowest BCUT2D eigenvalue weighted by atomic mass is 10.1. The van der Waals surface area contributed by atoms with Gasteiger partial charge in [-0.15, -0.1) is 0 Å². The molecule has 1 atom stereocenters. The standard InChI is InChI=1S/C28H28ClFN4O4S/c29-19-3-1-17(23(30)13-19)11-20-16-39-28(31-20)38-21-5-8-33(9-6-21)15-26-32-24-4-2-18(27(35)36)12-25(24)34(26)14-22-7-10-37-22/h1-4,12-13,16,21-22H,5-11,14-15H2,(H,35,36)/t22-/m0/s1. The quantitative estimate of drug-likeness (QED) is 0.288. The summed E-state index contributed by atoms with van der Waals surface area (Å²) >= 11 is 7.29. The van der Waals surface area contributed by atoms with Crippen molar-refractivity contribution in [2.75, 3.05) is 19.7 Å². The maximum Gasteiger partial charge on any atom is 0.335 e. The Bertz CT molecular complexity index is 1500. The molecule has 2 fully saturated rings. The number of imidazole rings is 1. The Hall–Kier alpha value is -3.05. The summed E-state index contributed by atoms with van der Waals surface area (Å²) in [6.45, 7) is 3.80. The van der Waals surface area contributed by atoms with Crippen molar-refractivity contribution in [3.05, 3.63) is 75.3 Å². The third-order valence-corrected chi connectivity index (χ3v) is 8.35. The van der Waals surface area contributed by atoms with Crippen molar-refractivity contribution < 1.29 is 23.8 Å². The summed E-state index contributed by atoms with van der Waals surface area (Å²) in [6, 6.07) is 9.77. The second-order valence-electron chi connectivity index (χ2n) is 10.0. The second-order valence-corrected chi connectivity index (χ2v) is 11.3. The largest absolute Gasteiger partial charge is 0.478 e. The molecule has 2 aliphatic rings. The number of ether oxygens (including phenoxy) is 2. The Morgan fingerprint density at radius 3 is 2.72 bits per heavy atom. The van der Waals surface area contributed by atoms with Crippen molar-refractivity contribution in [1.82, 2.24) is 19.4 Å². The average Bonchev–Trinajstić information content (AvgIpc) is 3.47. The number of piperidine rings is 1. The summed E-state index contributed by atoms with van der Waals surface area (Å²) in [5.41, 5.74) is 3.21. The zero-order chi connectivity index (χ0) is 26.9. The molecule has 2 saturated heterocycles. The van der Waals surface area contributed by atoms with Crippen LogP contribution in [-0.4, -0.2) is 62.4 Å². The van der Waals surface area contributed by atoms with E-state index in [1.54, 1.807) is 30.3 Å². The average molecular weight is 571 g/mol. The van der Waals surface area contributed by atoms with Crippen LogP contribution >= 0.6 is 22.9 Å². The predicted molar refractivity (Wildman–Crippen MR) is 146 cm³/mol. The summed E-state index contributed by atoms with van der Waals surface area (Å²) in [7, 11) is 0. The highest BCUT2D eigenvalue weighted by molar-refractivity contribution is 7.11. The van der Waals surface area contributed by atoms with E-state index in [4.69, 9.17) is 26.1 Å². The van der Waals surface area contributed by atoms with Crippen molar-refractivity contribution in [3.63, 3.8) is 0 Å². The SMILES string of the molecule is O=C(O)c1ccc2nc(CN3CCC(Oc4nc(Cc5ccc(Cl)cc5F)cs4)CC3)n(C[C@@H]3CCO3)c2c1. The number of aromatic nitrogens is 3. The zero-order valence-electron chi connectivity index (χ0n) is 21.2. The molecule has 2 aromatic heterocycles. The molecule has 1 N–H and O–H groups in total. The Morgan fingerprint density at radius 1 is 1.18 bits per heavy atom. The van der Waals surface area contributed by atoms with Crippen LogP contribution in [0.25, 0.3) is 11.0 Å². The number of aromatic carboxylic acids is 1. The molecule has 6 rings (SSSR count). The van der Waals surface area contributed by atoms with Crippen molar-refractivity contribution >= 4 is 39.9 Å². The second kappa shape index (κ2) is 11.2. The highest BCUT2D eigenvalue weighted by Gasteiger charge is 2.26. The smallest absolute Gasteiger partial charge is 0.335 e. The number of rotatable bonds is 9. The van der Waals surface area contributed by atoms with Gasteiger partial charge in [0.15, 0.2) is 0 Å². The fourth-order valence-corrected chi connectivity index (χ4v) is 5.97.